The molecule has 0 aliphatic heterocycles. The van der Waals surface area contributed by atoms with E-state index in [-0.39, 0.29) is 5.91 Å². The Kier molecular flexibility index (Phi) is 5.32. The molecule has 108 valence electrons. The molecule has 0 heterocycles. The maximum Gasteiger partial charge on any atom is 0.273 e. The Balaban J connectivity index is 2.73. The predicted octanol–water partition coefficient (Wildman–Crippen LogP) is 2.06. The zero-order valence-corrected chi connectivity index (χ0v) is 12.0. The van der Waals surface area contributed by atoms with Crippen molar-refractivity contribution in [2.24, 2.45) is 5.41 Å². The van der Waals surface area contributed by atoms with E-state index in [1.807, 2.05) is 0 Å². The minimum Gasteiger partial charge on any atom is -0.489 e. The van der Waals surface area contributed by atoms with Crippen molar-refractivity contribution in [2.45, 2.75) is 20.8 Å². The monoisotopic (exact) mass is 276 g/mol. The van der Waals surface area contributed by atoms with Crippen LogP contribution in [-0.4, -0.2) is 18.4 Å². The summed E-state index contributed by atoms with van der Waals surface area (Å²) in [4.78, 5) is 23.7. The summed E-state index contributed by atoms with van der Waals surface area (Å²) in [6, 6.07) is 6.80. The Morgan fingerprint density at radius 2 is 1.90 bits per heavy atom. The van der Waals surface area contributed by atoms with E-state index in [1.165, 1.54) is 0 Å². The first-order valence-electron chi connectivity index (χ1n) is 6.29. The lowest BCUT2D eigenvalue weighted by Crippen LogP contribution is -2.46. The molecule has 0 bridgehead atoms. The lowest BCUT2D eigenvalue weighted by molar-refractivity contribution is -0.129. The summed E-state index contributed by atoms with van der Waals surface area (Å²) in [5.74, 6) is -0.257. The SMILES string of the molecule is C=CCOc1ccccc1C(=O)NNC(=O)C(C)(C)C. The molecule has 0 aliphatic carbocycles. The van der Waals surface area contributed by atoms with Crippen molar-refractivity contribution in [1.82, 2.24) is 10.9 Å². The van der Waals surface area contributed by atoms with Gasteiger partial charge in [-0.3, -0.25) is 20.4 Å². The lowest BCUT2D eigenvalue weighted by atomic mass is 9.96. The van der Waals surface area contributed by atoms with Gasteiger partial charge in [0.25, 0.3) is 5.91 Å². The molecular weight excluding hydrogens is 256 g/mol. The van der Waals surface area contributed by atoms with Gasteiger partial charge in [0.05, 0.1) is 5.56 Å². The van der Waals surface area contributed by atoms with E-state index < -0.39 is 11.3 Å². The molecule has 0 aromatic heterocycles. The number of ether oxygens (including phenoxy) is 1. The Bertz CT molecular complexity index is 504. The molecular formula is C15H20N2O3. The van der Waals surface area contributed by atoms with E-state index in [2.05, 4.69) is 17.4 Å². The molecule has 2 N–H and O–H groups in total. The van der Waals surface area contributed by atoms with Crippen molar-refractivity contribution in [3.05, 3.63) is 42.5 Å². The van der Waals surface area contributed by atoms with Gasteiger partial charge in [-0.05, 0) is 12.1 Å². The number of nitrogens with one attached hydrogen (secondary N) is 2. The second kappa shape index (κ2) is 6.75. The molecule has 0 aliphatic rings. The summed E-state index contributed by atoms with van der Waals surface area (Å²) in [7, 11) is 0. The largest absolute Gasteiger partial charge is 0.489 e. The fraction of sp³-hybridized carbons (Fsp3) is 0.333. The molecule has 0 saturated carbocycles. The highest BCUT2D eigenvalue weighted by atomic mass is 16.5. The van der Waals surface area contributed by atoms with Gasteiger partial charge in [-0.25, -0.2) is 0 Å². The van der Waals surface area contributed by atoms with Crippen LogP contribution in [0.1, 0.15) is 31.1 Å². The maximum atomic E-state index is 12.0. The molecule has 1 aromatic rings. The molecule has 1 aromatic carbocycles. The molecule has 20 heavy (non-hydrogen) atoms. The van der Waals surface area contributed by atoms with Gasteiger partial charge in [-0.15, -0.1) is 0 Å². The molecule has 0 atom stereocenters. The maximum absolute atomic E-state index is 12.0. The molecule has 5 nitrogen and oxygen atoms in total. The molecule has 0 unspecified atom stereocenters. The summed E-state index contributed by atoms with van der Waals surface area (Å²) >= 11 is 0. The van der Waals surface area contributed by atoms with Crippen LogP contribution in [0.3, 0.4) is 0 Å². The minimum atomic E-state index is -0.577. The first-order chi connectivity index (χ1) is 9.36. The third-order valence-electron chi connectivity index (χ3n) is 2.46. The fourth-order valence-electron chi connectivity index (χ4n) is 1.30. The van der Waals surface area contributed by atoms with Gasteiger partial charge in [0.2, 0.25) is 5.91 Å². The van der Waals surface area contributed by atoms with Crippen LogP contribution >= 0.6 is 0 Å². The number of carbonyl (C=O) groups excluding carboxylic acids is 2. The number of hydrazine groups is 1. The highest BCUT2D eigenvalue weighted by Crippen LogP contribution is 2.17. The number of benzene rings is 1. The third kappa shape index (κ3) is 4.42. The molecule has 2 amide bonds. The van der Waals surface area contributed by atoms with Crippen molar-refractivity contribution in [1.29, 1.82) is 0 Å². The number of rotatable bonds is 4. The highest BCUT2D eigenvalue weighted by molar-refractivity contribution is 5.98. The highest BCUT2D eigenvalue weighted by Gasteiger charge is 2.22. The van der Waals surface area contributed by atoms with Gasteiger partial charge in [0.1, 0.15) is 12.4 Å². The standard InChI is InChI=1S/C15H20N2O3/c1-5-10-20-12-9-7-6-8-11(12)13(18)16-17-14(19)15(2,3)4/h5-9H,1,10H2,2-4H3,(H,16,18)(H,17,19). The molecule has 0 radical (unpaired) electrons. The van der Waals surface area contributed by atoms with E-state index in [0.717, 1.165) is 0 Å². The predicted molar refractivity (Wildman–Crippen MR) is 77.2 cm³/mol. The number of amides is 2. The lowest BCUT2D eigenvalue weighted by Gasteiger charge is -2.18. The zero-order valence-electron chi connectivity index (χ0n) is 12.0. The number of para-hydroxylation sites is 1. The quantitative estimate of drug-likeness (QED) is 0.653. The number of carbonyl (C=O) groups is 2. The Hall–Kier alpha value is -2.30. The van der Waals surface area contributed by atoms with Crippen LogP contribution in [0.25, 0.3) is 0 Å². The normalized spacial score (nSPS) is 10.6. The van der Waals surface area contributed by atoms with Crippen LogP contribution < -0.4 is 15.6 Å². The van der Waals surface area contributed by atoms with Crippen molar-refractivity contribution in [3.8, 4) is 5.75 Å². The summed E-state index contributed by atoms with van der Waals surface area (Å²) in [6.45, 7) is 9.14. The fourth-order valence-corrected chi connectivity index (χ4v) is 1.30. The Labute approximate surface area is 119 Å². The van der Waals surface area contributed by atoms with Crippen LogP contribution in [-0.2, 0) is 4.79 Å². The molecule has 5 heteroatoms. The van der Waals surface area contributed by atoms with Crippen LogP contribution in [0.15, 0.2) is 36.9 Å². The van der Waals surface area contributed by atoms with Crippen LogP contribution in [0, 0.1) is 5.41 Å². The van der Waals surface area contributed by atoms with Gasteiger partial charge in [-0.1, -0.05) is 45.6 Å². The van der Waals surface area contributed by atoms with Gasteiger partial charge in [-0.2, -0.15) is 0 Å². The van der Waals surface area contributed by atoms with E-state index in [4.69, 9.17) is 4.74 Å². The van der Waals surface area contributed by atoms with E-state index in [1.54, 1.807) is 51.1 Å². The molecule has 1 rings (SSSR count). The minimum absolute atomic E-state index is 0.268. The van der Waals surface area contributed by atoms with Gasteiger partial charge < -0.3 is 4.74 Å². The van der Waals surface area contributed by atoms with Gasteiger partial charge >= 0.3 is 0 Å². The summed E-state index contributed by atoms with van der Waals surface area (Å²) < 4.78 is 5.39. The topological polar surface area (TPSA) is 67.4 Å². The zero-order chi connectivity index (χ0) is 15.2. The first-order valence-corrected chi connectivity index (χ1v) is 6.29. The Morgan fingerprint density at radius 1 is 1.25 bits per heavy atom. The second-order valence-electron chi connectivity index (χ2n) is 5.25. The average molecular weight is 276 g/mol. The molecule has 0 spiro atoms. The van der Waals surface area contributed by atoms with E-state index in [0.29, 0.717) is 17.9 Å². The first kappa shape index (κ1) is 15.8. The van der Waals surface area contributed by atoms with E-state index in [9.17, 15) is 9.59 Å². The van der Waals surface area contributed by atoms with Crippen molar-refractivity contribution < 1.29 is 14.3 Å². The van der Waals surface area contributed by atoms with Crippen LogP contribution in [0.5, 0.6) is 5.75 Å². The molecule has 0 saturated heterocycles. The second-order valence-corrected chi connectivity index (χ2v) is 5.25. The van der Waals surface area contributed by atoms with Gasteiger partial charge in [0.15, 0.2) is 0 Å². The van der Waals surface area contributed by atoms with Gasteiger partial charge in [0, 0.05) is 5.41 Å². The third-order valence-corrected chi connectivity index (χ3v) is 2.46. The Morgan fingerprint density at radius 3 is 2.50 bits per heavy atom. The average Bonchev–Trinajstić information content (AvgIpc) is 2.41. The summed E-state index contributed by atoms with van der Waals surface area (Å²) in [5.41, 5.74) is 4.54. The van der Waals surface area contributed by atoms with Crippen molar-refractivity contribution in [3.63, 3.8) is 0 Å². The smallest absolute Gasteiger partial charge is 0.273 e. The van der Waals surface area contributed by atoms with Crippen LogP contribution in [0.2, 0.25) is 0 Å². The number of hydrogen-bond acceptors (Lipinski definition) is 3. The van der Waals surface area contributed by atoms with Crippen molar-refractivity contribution in [2.75, 3.05) is 6.61 Å². The number of hydrogen-bond donors (Lipinski definition) is 2. The molecule has 0 fully saturated rings. The van der Waals surface area contributed by atoms with E-state index >= 15 is 0 Å². The summed E-state index contributed by atoms with van der Waals surface area (Å²) in [6.07, 6.45) is 1.59. The van der Waals surface area contributed by atoms with Crippen LogP contribution in [0.4, 0.5) is 0 Å². The van der Waals surface area contributed by atoms with Crippen molar-refractivity contribution >= 4 is 11.8 Å². The summed E-state index contributed by atoms with van der Waals surface area (Å²) in [5, 5.41) is 0.